The Morgan fingerprint density at radius 1 is 1.03 bits per heavy atom. The molecule has 0 aliphatic carbocycles. The lowest BCUT2D eigenvalue weighted by Crippen LogP contribution is -2.56. The fourth-order valence-corrected chi connectivity index (χ4v) is 3.96. The molecule has 2 aromatic carbocycles. The van der Waals surface area contributed by atoms with Crippen LogP contribution in [-0.4, -0.2) is 65.9 Å². The molecule has 34 heavy (non-hydrogen) atoms. The molecule has 10 nitrogen and oxygen atoms in total. The molecule has 0 saturated carbocycles. The first-order chi connectivity index (χ1) is 16.3. The first kappa shape index (κ1) is 23.8. The van der Waals surface area contributed by atoms with Gasteiger partial charge in [0, 0.05) is 23.6 Å². The van der Waals surface area contributed by atoms with Crippen molar-refractivity contribution in [1.82, 2.24) is 0 Å². The fraction of sp³-hybridized carbons (Fsp3) is 0.375. The zero-order valence-corrected chi connectivity index (χ0v) is 18.8. The molecule has 5 atom stereocenters. The van der Waals surface area contributed by atoms with Gasteiger partial charge in [0.1, 0.15) is 28.6 Å². The number of methoxy groups -OCH3 is 2. The minimum atomic E-state index is -1.30. The summed E-state index contributed by atoms with van der Waals surface area (Å²) in [6.07, 6.45) is -4.26. The first-order valence-electron chi connectivity index (χ1n) is 10.6. The quantitative estimate of drug-likeness (QED) is 0.415. The summed E-state index contributed by atoms with van der Waals surface area (Å²) in [4.78, 5) is 12.7. The van der Waals surface area contributed by atoms with Crippen molar-refractivity contribution in [1.29, 1.82) is 0 Å². The van der Waals surface area contributed by atoms with Gasteiger partial charge in [-0.2, -0.15) is 0 Å². The Morgan fingerprint density at radius 2 is 1.74 bits per heavy atom. The van der Waals surface area contributed by atoms with Gasteiger partial charge >= 0.3 is 0 Å². The molecule has 0 radical (unpaired) electrons. The third-order valence-corrected chi connectivity index (χ3v) is 5.97. The number of hydrogen-bond acceptors (Lipinski definition) is 10. The van der Waals surface area contributed by atoms with Crippen LogP contribution in [0, 0.1) is 5.92 Å². The van der Waals surface area contributed by atoms with Gasteiger partial charge in [-0.1, -0.05) is 6.92 Å². The molecule has 1 saturated heterocycles. The number of hydrogen-bond donors (Lipinski definition) is 4. The molecule has 0 amide bonds. The van der Waals surface area contributed by atoms with Crippen LogP contribution in [0.15, 0.2) is 45.6 Å². The fourth-order valence-electron chi connectivity index (χ4n) is 3.96. The largest absolute Gasteiger partial charge is 0.504 e. The molecule has 0 unspecified atom stereocenters. The smallest absolute Gasteiger partial charge is 0.229 e. The Morgan fingerprint density at radius 3 is 2.35 bits per heavy atom. The highest BCUT2D eigenvalue weighted by Gasteiger charge is 2.43. The number of phenolic OH excluding ortho intramolecular Hbond substituents is 1. The summed E-state index contributed by atoms with van der Waals surface area (Å²) in [5, 5.41) is 40.3. The Kier molecular flexibility index (Phi) is 6.67. The minimum absolute atomic E-state index is 0.0315. The van der Waals surface area contributed by atoms with Crippen LogP contribution in [0.4, 0.5) is 0 Å². The Bertz CT molecular complexity index is 1220. The minimum Gasteiger partial charge on any atom is -0.504 e. The van der Waals surface area contributed by atoms with Crippen LogP contribution in [0.3, 0.4) is 0 Å². The van der Waals surface area contributed by atoms with Gasteiger partial charge in [-0.3, -0.25) is 4.79 Å². The van der Waals surface area contributed by atoms with Crippen molar-refractivity contribution < 1.29 is 43.8 Å². The van der Waals surface area contributed by atoms with E-state index in [2.05, 4.69) is 0 Å². The third-order valence-electron chi connectivity index (χ3n) is 5.97. The van der Waals surface area contributed by atoms with E-state index in [1.807, 2.05) is 0 Å². The molecule has 1 aliphatic rings. The average molecular weight is 474 g/mol. The number of ether oxygens (including phenoxy) is 4. The summed E-state index contributed by atoms with van der Waals surface area (Å²) >= 11 is 0. The number of aliphatic hydroxyl groups is 3. The molecule has 182 valence electrons. The molecule has 1 aromatic heterocycles. The molecule has 3 aromatic rings. The van der Waals surface area contributed by atoms with Crippen molar-refractivity contribution >= 4 is 11.0 Å². The molecule has 4 N–H and O–H groups in total. The number of aliphatic hydroxyl groups excluding tert-OH is 3. The topological polar surface area (TPSA) is 148 Å². The molecule has 0 bridgehead atoms. The molecule has 10 heteroatoms. The van der Waals surface area contributed by atoms with Crippen LogP contribution in [-0.2, 0) is 4.74 Å². The summed E-state index contributed by atoms with van der Waals surface area (Å²) in [7, 11) is 2.75. The van der Waals surface area contributed by atoms with Gasteiger partial charge in [0.2, 0.25) is 12.0 Å². The zero-order chi connectivity index (χ0) is 24.6. The van der Waals surface area contributed by atoms with E-state index in [1.54, 1.807) is 31.2 Å². The van der Waals surface area contributed by atoms with Crippen molar-refractivity contribution in [3.05, 3.63) is 46.6 Å². The predicted octanol–water partition coefficient (Wildman–Crippen LogP) is 1.64. The highest BCUT2D eigenvalue weighted by molar-refractivity contribution is 5.89. The van der Waals surface area contributed by atoms with Crippen molar-refractivity contribution in [2.45, 2.75) is 31.5 Å². The van der Waals surface area contributed by atoms with Crippen molar-refractivity contribution in [3.8, 4) is 34.3 Å². The SMILES string of the molecule is COc1cc2oc(-c3ccc(O[C@@H]4O[C@H](CO)[C@@H](C)[C@H](O)[C@H]4O)cc3)cc(=O)c2c(O)c1OC. The van der Waals surface area contributed by atoms with Gasteiger partial charge in [0.15, 0.2) is 16.9 Å². The molecule has 2 heterocycles. The van der Waals surface area contributed by atoms with Gasteiger partial charge in [-0.25, -0.2) is 0 Å². The summed E-state index contributed by atoms with van der Waals surface area (Å²) < 4.78 is 27.4. The summed E-state index contributed by atoms with van der Waals surface area (Å²) in [5.41, 5.74) is 0.203. The van der Waals surface area contributed by atoms with E-state index >= 15 is 0 Å². The molecule has 1 aliphatic heterocycles. The standard InChI is InChI=1S/C24H26O10/c1-11-18(10-25)34-24(22(29)20(11)27)32-13-6-4-12(5-7-13)15-8-14(26)19-16(33-15)9-17(30-2)23(31-3)21(19)28/h4-9,11,18,20,22,24-25,27-29H,10H2,1-3H3/t11-,18-,20+,22-,24-/m1/s1. The second-order valence-corrected chi connectivity index (χ2v) is 8.02. The van der Waals surface area contributed by atoms with Crippen LogP contribution < -0.4 is 19.6 Å². The molecular formula is C24H26O10. The Labute approximate surface area is 194 Å². The maximum atomic E-state index is 12.7. The van der Waals surface area contributed by atoms with E-state index in [9.17, 15) is 25.2 Å². The summed E-state index contributed by atoms with van der Waals surface area (Å²) in [6, 6.07) is 9.15. The van der Waals surface area contributed by atoms with Crippen LogP contribution in [0.5, 0.6) is 23.0 Å². The maximum Gasteiger partial charge on any atom is 0.229 e. The lowest BCUT2D eigenvalue weighted by molar-refractivity contribution is -0.261. The van der Waals surface area contributed by atoms with Gasteiger partial charge in [-0.15, -0.1) is 0 Å². The number of rotatable bonds is 6. The number of benzene rings is 2. The zero-order valence-electron chi connectivity index (χ0n) is 18.8. The van der Waals surface area contributed by atoms with E-state index in [0.29, 0.717) is 11.3 Å². The number of fused-ring (bicyclic) bond motifs is 1. The molecular weight excluding hydrogens is 448 g/mol. The molecule has 1 fully saturated rings. The monoisotopic (exact) mass is 474 g/mol. The van der Waals surface area contributed by atoms with Gasteiger partial charge in [0.25, 0.3) is 0 Å². The lowest BCUT2D eigenvalue weighted by atomic mass is 9.91. The number of aromatic hydroxyl groups is 1. The second-order valence-electron chi connectivity index (χ2n) is 8.02. The van der Waals surface area contributed by atoms with Gasteiger partial charge in [-0.05, 0) is 24.3 Å². The van der Waals surface area contributed by atoms with E-state index < -0.39 is 35.9 Å². The Balaban J connectivity index is 1.62. The van der Waals surface area contributed by atoms with Crippen LogP contribution in [0.25, 0.3) is 22.3 Å². The summed E-state index contributed by atoms with van der Waals surface area (Å²) in [5.74, 6) is -0.0137. The van der Waals surface area contributed by atoms with Gasteiger partial charge in [0.05, 0.1) is 33.0 Å². The van der Waals surface area contributed by atoms with Crippen molar-refractivity contribution in [2.75, 3.05) is 20.8 Å². The van der Waals surface area contributed by atoms with Crippen LogP contribution in [0.1, 0.15) is 6.92 Å². The molecule has 4 rings (SSSR count). The van der Waals surface area contributed by atoms with Crippen LogP contribution >= 0.6 is 0 Å². The second kappa shape index (κ2) is 9.51. The van der Waals surface area contributed by atoms with E-state index in [-0.39, 0.29) is 40.6 Å². The van der Waals surface area contributed by atoms with Crippen molar-refractivity contribution in [3.63, 3.8) is 0 Å². The first-order valence-corrected chi connectivity index (χ1v) is 10.6. The van der Waals surface area contributed by atoms with Crippen molar-refractivity contribution in [2.24, 2.45) is 5.92 Å². The predicted molar refractivity (Wildman–Crippen MR) is 120 cm³/mol. The van der Waals surface area contributed by atoms with Gasteiger partial charge < -0.3 is 43.8 Å². The lowest BCUT2D eigenvalue weighted by Gasteiger charge is -2.40. The number of phenols is 1. The van der Waals surface area contributed by atoms with E-state index in [4.69, 9.17) is 23.4 Å². The maximum absolute atomic E-state index is 12.7. The average Bonchev–Trinajstić information content (AvgIpc) is 2.84. The van der Waals surface area contributed by atoms with E-state index in [0.717, 1.165) is 0 Å². The Hall–Kier alpha value is -3.31. The highest BCUT2D eigenvalue weighted by atomic mass is 16.7. The third kappa shape index (κ3) is 4.16. The normalized spacial score (nSPS) is 24.7. The van der Waals surface area contributed by atoms with Crippen LogP contribution in [0.2, 0.25) is 0 Å². The summed E-state index contributed by atoms with van der Waals surface area (Å²) in [6.45, 7) is 1.35. The molecule has 0 spiro atoms. The van der Waals surface area contributed by atoms with E-state index in [1.165, 1.54) is 26.4 Å². The highest BCUT2D eigenvalue weighted by Crippen LogP contribution is 2.42.